The summed E-state index contributed by atoms with van der Waals surface area (Å²) in [6, 6.07) is 0. The number of hydrogen-bond acceptors (Lipinski definition) is 6. The van der Waals surface area contributed by atoms with Crippen molar-refractivity contribution in [3.8, 4) is 0 Å². The van der Waals surface area contributed by atoms with Gasteiger partial charge in [-0.15, -0.1) is 0 Å². The maximum Gasteiger partial charge on any atom is 0.529 e. The first kappa shape index (κ1) is 16.0. The molecule has 0 spiro atoms. The maximum atomic E-state index is 12.4. The van der Waals surface area contributed by atoms with E-state index in [0.29, 0.717) is 0 Å². The number of halogens is 2. The van der Waals surface area contributed by atoms with Gasteiger partial charge in [0.25, 0.3) is 0 Å². The second-order valence-electron chi connectivity index (χ2n) is 2.57. The predicted octanol–water partition coefficient (Wildman–Crippen LogP) is 2.47. The van der Waals surface area contributed by atoms with Gasteiger partial charge < -0.3 is 9.26 Å². The molecule has 0 fully saturated rings. The zero-order valence-corrected chi connectivity index (χ0v) is 10.5. The first-order valence-electron chi connectivity index (χ1n) is 4.49. The second-order valence-corrected chi connectivity index (χ2v) is 4.38. The van der Waals surface area contributed by atoms with Crippen LogP contribution in [0.2, 0.25) is 0 Å². The van der Waals surface area contributed by atoms with E-state index in [1.54, 1.807) is 0 Å². The van der Waals surface area contributed by atoms with E-state index in [1.807, 2.05) is 0 Å². The van der Waals surface area contributed by atoms with Gasteiger partial charge in [-0.3, -0.25) is 13.8 Å². The summed E-state index contributed by atoms with van der Waals surface area (Å²) >= 11 is 0. The lowest BCUT2D eigenvalue weighted by atomic mass is 10.4. The minimum Gasteiger partial charge on any atom is -0.466 e. The van der Waals surface area contributed by atoms with Gasteiger partial charge in [0.05, 0.1) is 6.61 Å². The number of carbonyl (C=O) groups is 1. The molecule has 0 atom stereocenters. The minimum absolute atomic E-state index is 0.0340. The highest BCUT2D eigenvalue weighted by Crippen LogP contribution is 2.50. The average molecular weight is 274 g/mol. The monoisotopic (exact) mass is 274 g/mol. The molecule has 17 heavy (non-hydrogen) atoms. The molecular weight excluding hydrogens is 261 g/mol. The fourth-order valence-corrected chi connectivity index (χ4v) is 1.46. The summed E-state index contributed by atoms with van der Waals surface area (Å²) in [6.45, 7) is 1.55. The molecule has 0 N–H and O–H groups in total. The molecule has 0 aliphatic carbocycles. The third kappa shape index (κ3) is 5.76. The van der Waals surface area contributed by atoms with E-state index in [0.717, 1.165) is 14.2 Å². The lowest BCUT2D eigenvalue weighted by Crippen LogP contribution is -2.07. The molecule has 0 saturated carbocycles. The van der Waals surface area contributed by atoms with Crippen LogP contribution in [0.25, 0.3) is 0 Å². The second kappa shape index (κ2) is 7.37. The Kier molecular flexibility index (Phi) is 6.94. The highest BCUT2D eigenvalue weighted by Gasteiger charge is 2.29. The Morgan fingerprint density at radius 1 is 1.24 bits per heavy atom. The van der Waals surface area contributed by atoms with Crippen molar-refractivity contribution < 1.29 is 36.4 Å². The largest absolute Gasteiger partial charge is 0.529 e. The molecule has 0 rings (SSSR count). The zero-order chi connectivity index (χ0) is 13.5. The fraction of sp³-hybridized carbons (Fsp3) is 0.625. The van der Waals surface area contributed by atoms with Crippen LogP contribution in [-0.2, 0) is 27.7 Å². The zero-order valence-electron chi connectivity index (χ0n) is 9.57. The molecule has 0 radical (unpaired) electrons. The van der Waals surface area contributed by atoms with Crippen molar-refractivity contribution in [1.29, 1.82) is 0 Å². The summed E-state index contributed by atoms with van der Waals surface area (Å²) in [5.74, 6) is -2.04. The van der Waals surface area contributed by atoms with Crippen molar-refractivity contribution in [1.82, 2.24) is 0 Å². The SMILES string of the molecule is CCOC(=O)CC(OP(=O)(OC)OC)=C(F)F. The van der Waals surface area contributed by atoms with Crippen LogP contribution in [0.4, 0.5) is 8.78 Å². The van der Waals surface area contributed by atoms with Crippen molar-refractivity contribution in [3.05, 3.63) is 11.8 Å². The van der Waals surface area contributed by atoms with E-state index in [9.17, 15) is 18.1 Å². The molecule has 0 amide bonds. The molecule has 0 heterocycles. The van der Waals surface area contributed by atoms with E-state index in [2.05, 4.69) is 18.3 Å². The van der Waals surface area contributed by atoms with Crippen LogP contribution in [0.5, 0.6) is 0 Å². The predicted molar refractivity (Wildman–Crippen MR) is 53.2 cm³/mol. The van der Waals surface area contributed by atoms with Gasteiger partial charge >= 0.3 is 19.9 Å². The normalized spacial score (nSPS) is 10.9. The van der Waals surface area contributed by atoms with Crippen LogP contribution in [0, 0.1) is 0 Å². The maximum absolute atomic E-state index is 12.4. The molecular formula is C8H13F2O6P. The van der Waals surface area contributed by atoms with Gasteiger partial charge in [-0.1, -0.05) is 0 Å². The Morgan fingerprint density at radius 2 is 1.76 bits per heavy atom. The Labute approximate surface area is 97.1 Å². The van der Waals surface area contributed by atoms with E-state index >= 15 is 0 Å². The summed E-state index contributed by atoms with van der Waals surface area (Å²) in [5.41, 5.74) is 0. The van der Waals surface area contributed by atoms with Crippen molar-refractivity contribution in [3.63, 3.8) is 0 Å². The summed E-state index contributed by atoms with van der Waals surface area (Å²) in [4.78, 5) is 11.0. The van der Waals surface area contributed by atoms with Crippen molar-refractivity contribution >= 4 is 13.8 Å². The van der Waals surface area contributed by atoms with Crippen LogP contribution in [0.3, 0.4) is 0 Å². The standard InChI is InChI=1S/C8H13F2O6P/c1-4-15-7(11)5-6(8(9)10)16-17(12,13-2)14-3/h4-5H2,1-3H3. The lowest BCUT2D eigenvalue weighted by molar-refractivity contribution is -0.142. The topological polar surface area (TPSA) is 71.1 Å². The number of phosphoric acid groups is 1. The Bertz CT molecular complexity index is 331. The molecule has 6 nitrogen and oxygen atoms in total. The summed E-state index contributed by atoms with van der Waals surface area (Å²) in [5, 5.41) is 0. The summed E-state index contributed by atoms with van der Waals surface area (Å²) in [6.07, 6.45) is -3.15. The van der Waals surface area contributed by atoms with Crippen molar-refractivity contribution in [2.24, 2.45) is 0 Å². The van der Waals surface area contributed by atoms with Gasteiger partial charge in [-0.25, -0.2) is 4.57 Å². The van der Waals surface area contributed by atoms with Crippen LogP contribution in [0.15, 0.2) is 11.8 Å². The molecule has 0 aromatic rings. The van der Waals surface area contributed by atoms with E-state index < -0.39 is 32.1 Å². The van der Waals surface area contributed by atoms with Gasteiger partial charge in [0.1, 0.15) is 6.42 Å². The van der Waals surface area contributed by atoms with Crippen molar-refractivity contribution in [2.45, 2.75) is 13.3 Å². The first-order chi connectivity index (χ1) is 7.88. The molecule has 100 valence electrons. The Balaban J connectivity index is 4.75. The van der Waals surface area contributed by atoms with Crippen LogP contribution >= 0.6 is 7.82 Å². The molecule has 0 aliphatic heterocycles. The summed E-state index contributed by atoms with van der Waals surface area (Å²) in [7, 11) is -2.19. The minimum atomic E-state index is -4.11. The quantitative estimate of drug-likeness (QED) is 0.403. The van der Waals surface area contributed by atoms with Crippen LogP contribution in [-0.4, -0.2) is 26.8 Å². The number of phosphoric ester groups is 1. The number of ether oxygens (including phenoxy) is 1. The Hall–Kier alpha value is -0.980. The van der Waals surface area contributed by atoms with Crippen LogP contribution in [0.1, 0.15) is 13.3 Å². The summed E-state index contributed by atoms with van der Waals surface area (Å²) < 4.78 is 53.7. The number of carbonyl (C=O) groups excluding carboxylic acids is 1. The van der Waals surface area contributed by atoms with Gasteiger partial charge in [0.2, 0.25) is 0 Å². The highest BCUT2D eigenvalue weighted by molar-refractivity contribution is 7.48. The molecule has 0 unspecified atom stereocenters. The van der Waals surface area contributed by atoms with Gasteiger partial charge in [-0.05, 0) is 6.92 Å². The highest BCUT2D eigenvalue weighted by atomic mass is 31.2. The Morgan fingerprint density at radius 3 is 2.12 bits per heavy atom. The number of hydrogen-bond donors (Lipinski definition) is 0. The first-order valence-corrected chi connectivity index (χ1v) is 5.95. The molecule has 0 saturated heterocycles. The van der Waals surface area contributed by atoms with Crippen LogP contribution < -0.4 is 0 Å². The average Bonchev–Trinajstić information content (AvgIpc) is 2.28. The third-order valence-corrected chi connectivity index (χ3v) is 2.83. The molecule has 0 aromatic carbocycles. The smallest absolute Gasteiger partial charge is 0.466 e. The van der Waals surface area contributed by atoms with Gasteiger partial charge in [0.15, 0.2) is 5.76 Å². The molecule has 9 heteroatoms. The van der Waals surface area contributed by atoms with Gasteiger partial charge in [-0.2, -0.15) is 8.78 Å². The van der Waals surface area contributed by atoms with Gasteiger partial charge in [0, 0.05) is 14.2 Å². The number of rotatable bonds is 7. The number of esters is 1. The molecule has 0 bridgehead atoms. The van der Waals surface area contributed by atoms with E-state index in [-0.39, 0.29) is 6.61 Å². The van der Waals surface area contributed by atoms with E-state index in [4.69, 9.17) is 0 Å². The van der Waals surface area contributed by atoms with E-state index in [1.165, 1.54) is 6.92 Å². The fourth-order valence-electron chi connectivity index (χ4n) is 0.761. The lowest BCUT2D eigenvalue weighted by Gasteiger charge is -2.15. The van der Waals surface area contributed by atoms with Crippen molar-refractivity contribution in [2.75, 3.05) is 20.8 Å². The molecule has 0 aromatic heterocycles. The third-order valence-electron chi connectivity index (χ3n) is 1.49. The molecule has 0 aliphatic rings.